The predicted molar refractivity (Wildman–Crippen MR) is 70.3 cm³/mol. The molecule has 0 unspecified atom stereocenters. The molecule has 0 saturated carbocycles. The highest BCUT2D eigenvalue weighted by Crippen LogP contribution is 2.15. The molecule has 0 spiro atoms. The third-order valence-corrected chi connectivity index (χ3v) is 2.75. The summed E-state index contributed by atoms with van der Waals surface area (Å²) >= 11 is 0. The first-order chi connectivity index (χ1) is 8.70. The van der Waals surface area contributed by atoms with Gasteiger partial charge in [0, 0.05) is 12.7 Å². The van der Waals surface area contributed by atoms with Crippen LogP contribution in [0.5, 0.6) is 0 Å². The molecular formula is C14H18FN3. The van der Waals surface area contributed by atoms with Crippen molar-refractivity contribution in [3.8, 4) is 5.69 Å². The average molecular weight is 247 g/mol. The van der Waals surface area contributed by atoms with E-state index in [9.17, 15) is 4.39 Å². The van der Waals surface area contributed by atoms with E-state index in [4.69, 9.17) is 0 Å². The van der Waals surface area contributed by atoms with Crippen LogP contribution in [-0.4, -0.2) is 16.1 Å². The third kappa shape index (κ3) is 2.96. The maximum atomic E-state index is 13.8. The molecule has 4 heteroatoms. The zero-order valence-corrected chi connectivity index (χ0v) is 10.8. The topological polar surface area (TPSA) is 29.9 Å². The second-order valence-electron chi connectivity index (χ2n) is 4.40. The summed E-state index contributed by atoms with van der Waals surface area (Å²) in [6, 6.07) is 5.20. The Bertz CT molecular complexity index is 520. The Morgan fingerprint density at radius 3 is 2.94 bits per heavy atom. The van der Waals surface area contributed by atoms with Crippen molar-refractivity contribution in [1.82, 2.24) is 14.9 Å². The number of nitrogens with one attached hydrogen (secondary N) is 1. The monoisotopic (exact) mass is 247 g/mol. The summed E-state index contributed by atoms with van der Waals surface area (Å²) < 4.78 is 15.5. The summed E-state index contributed by atoms with van der Waals surface area (Å²) in [5.74, 6) is -0.222. The zero-order chi connectivity index (χ0) is 13.0. The summed E-state index contributed by atoms with van der Waals surface area (Å²) in [6.07, 6.45) is 4.60. The molecule has 0 aliphatic carbocycles. The fourth-order valence-electron chi connectivity index (χ4n) is 1.80. The van der Waals surface area contributed by atoms with E-state index in [0.29, 0.717) is 12.2 Å². The minimum Gasteiger partial charge on any atom is -0.311 e. The van der Waals surface area contributed by atoms with E-state index in [-0.39, 0.29) is 5.82 Å². The lowest BCUT2D eigenvalue weighted by Gasteiger charge is -2.04. The molecule has 0 bridgehead atoms. The van der Waals surface area contributed by atoms with Crippen molar-refractivity contribution in [2.45, 2.75) is 26.8 Å². The van der Waals surface area contributed by atoms with Crippen LogP contribution in [0.4, 0.5) is 4.39 Å². The van der Waals surface area contributed by atoms with E-state index in [1.807, 2.05) is 19.2 Å². The molecule has 1 aromatic carbocycles. The number of imidazole rings is 1. The van der Waals surface area contributed by atoms with Gasteiger partial charge in [-0.3, -0.25) is 0 Å². The van der Waals surface area contributed by atoms with Crippen LogP contribution in [0, 0.1) is 12.7 Å². The first-order valence-electron chi connectivity index (χ1n) is 6.21. The van der Waals surface area contributed by atoms with Gasteiger partial charge < -0.3 is 9.88 Å². The van der Waals surface area contributed by atoms with E-state index < -0.39 is 0 Å². The molecule has 0 fully saturated rings. The minimum absolute atomic E-state index is 0.222. The second kappa shape index (κ2) is 5.78. The van der Waals surface area contributed by atoms with Crippen LogP contribution >= 0.6 is 0 Å². The molecule has 0 saturated heterocycles. The number of halogens is 1. The maximum absolute atomic E-state index is 13.8. The minimum atomic E-state index is -0.222. The van der Waals surface area contributed by atoms with Gasteiger partial charge in [-0.15, -0.1) is 0 Å². The maximum Gasteiger partial charge on any atom is 0.147 e. The Balaban J connectivity index is 2.13. The van der Waals surface area contributed by atoms with E-state index in [2.05, 4.69) is 17.2 Å². The van der Waals surface area contributed by atoms with Gasteiger partial charge in [0.15, 0.2) is 0 Å². The fraction of sp³-hybridized carbons (Fsp3) is 0.357. The van der Waals surface area contributed by atoms with Crippen molar-refractivity contribution >= 4 is 0 Å². The van der Waals surface area contributed by atoms with Gasteiger partial charge in [-0.1, -0.05) is 13.0 Å². The lowest BCUT2D eigenvalue weighted by Crippen LogP contribution is -2.13. The normalized spacial score (nSPS) is 10.8. The number of aromatic nitrogens is 2. The smallest absolute Gasteiger partial charge is 0.147 e. The zero-order valence-electron chi connectivity index (χ0n) is 10.8. The van der Waals surface area contributed by atoms with Gasteiger partial charge in [-0.2, -0.15) is 0 Å². The van der Waals surface area contributed by atoms with Crippen molar-refractivity contribution in [2.24, 2.45) is 0 Å². The van der Waals surface area contributed by atoms with Gasteiger partial charge in [0.2, 0.25) is 0 Å². The van der Waals surface area contributed by atoms with Crippen molar-refractivity contribution in [3.63, 3.8) is 0 Å². The van der Waals surface area contributed by atoms with Crippen LogP contribution in [0.3, 0.4) is 0 Å². The second-order valence-corrected chi connectivity index (χ2v) is 4.40. The third-order valence-electron chi connectivity index (χ3n) is 2.75. The highest BCUT2D eigenvalue weighted by Gasteiger charge is 2.06. The fourth-order valence-corrected chi connectivity index (χ4v) is 1.80. The average Bonchev–Trinajstić information content (AvgIpc) is 2.78. The molecule has 0 amide bonds. The summed E-state index contributed by atoms with van der Waals surface area (Å²) in [5.41, 5.74) is 2.37. The number of aryl methyl sites for hydroxylation is 1. The van der Waals surface area contributed by atoms with Crippen LogP contribution in [0.2, 0.25) is 0 Å². The lowest BCUT2D eigenvalue weighted by atomic mass is 10.2. The van der Waals surface area contributed by atoms with E-state index >= 15 is 0 Å². The summed E-state index contributed by atoms with van der Waals surface area (Å²) in [7, 11) is 0. The summed E-state index contributed by atoms with van der Waals surface area (Å²) in [5, 5.41) is 3.27. The van der Waals surface area contributed by atoms with Gasteiger partial charge in [-0.05, 0) is 37.6 Å². The van der Waals surface area contributed by atoms with E-state index in [0.717, 1.165) is 24.2 Å². The van der Waals surface area contributed by atoms with Crippen LogP contribution in [0.25, 0.3) is 5.69 Å². The summed E-state index contributed by atoms with van der Waals surface area (Å²) in [4.78, 5) is 4.26. The standard InChI is InChI=1S/C14H18FN3/c1-3-6-16-8-12-9-18(10-17-12)14-5-4-11(2)7-13(14)15/h4-5,7,9-10,16H,3,6,8H2,1-2H3. The molecule has 0 aliphatic heterocycles. The van der Waals surface area contributed by atoms with Crippen LogP contribution in [0.15, 0.2) is 30.7 Å². The molecule has 0 radical (unpaired) electrons. The predicted octanol–water partition coefficient (Wildman–Crippen LogP) is 2.82. The number of benzene rings is 1. The van der Waals surface area contributed by atoms with Crippen LogP contribution in [-0.2, 0) is 6.54 Å². The molecule has 2 rings (SSSR count). The van der Waals surface area contributed by atoms with Crippen molar-refractivity contribution in [1.29, 1.82) is 0 Å². The largest absolute Gasteiger partial charge is 0.311 e. The van der Waals surface area contributed by atoms with Gasteiger partial charge in [0.1, 0.15) is 5.82 Å². The van der Waals surface area contributed by atoms with E-state index in [1.165, 1.54) is 6.07 Å². The Labute approximate surface area is 107 Å². The Hall–Kier alpha value is -1.68. The molecule has 3 nitrogen and oxygen atoms in total. The SMILES string of the molecule is CCCNCc1cn(-c2ccc(C)cc2F)cn1. The van der Waals surface area contributed by atoms with Crippen LogP contribution in [0.1, 0.15) is 24.6 Å². The first-order valence-corrected chi connectivity index (χ1v) is 6.21. The van der Waals surface area contributed by atoms with Gasteiger partial charge in [-0.25, -0.2) is 9.37 Å². The molecule has 96 valence electrons. The van der Waals surface area contributed by atoms with Crippen molar-refractivity contribution < 1.29 is 4.39 Å². The Kier molecular flexibility index (Phi) is 4.10. The first kappa shape index (κ1) is 12.8. The lowest BCUT2D eigenvalue weighted by molar-refractivity contribution is 0.616. The number of nitrogens with zero attached hydrogens (tertiary/aromatic N) is 2. The van der Waals surface area contributed by atoms with Crippen molar-refractivity contribution in [3.05, 3.63) is 47.8 Å². The summed E-state index contributed by atoms with van der Waals surface area (Å²) in [6.45, 7) is 5.67. The number of hydrogen-bond acceptors (Lipinski definition) is 2. The van der Waals surface area contributed by atoms with E-state index in [1.54, 1.807) is 17.0 Å². The Morgan fingerprint density at radius 2 is 2.22 bits per heavy atom. The van der Waals surface area contributed by atoms with Crippen LogP contribution < -0.4 is 5.32 Å². The molecule has 2 aromatic rings. The van der Waals surface area contributed by atoms with Gasteiger partial charge in [0.05, 0.1) is 17.7 Å². The number of rotatable bonds is 5. The molecule has 1 aromatic heterocycles. The molecule has 0 atom stereocenters. The Morgan fingerprint density at radius 1 is 1.39 bits per heavy atom. The molecule has 1 N–H and O–H groups in total. The quantitative estimate of drug-likeness (QED) is 0.823. The molecule has 1 heterocycles. The number of hydrogen-bond donors (Lipinski definition) is 1. The van der Waals surface area contributed by atoms with Gasteiger partial charge >= 0.3 is 0 Å². The highest BCUT2D eigenvalue weighted by molar-refractivity contribution is 5.36. The highest BCUT2D eigenvalue weighted by atomic mass is 19.1. The molecular weight excluding hydrogens is 229 g/mol. The van der Waals surface area contributed by atoms with Crippen molar-refractivity contribution in [2.75, 3.05) is 6.54 Å². The van der Waals surface area contributed by atoms with Gasteiger partial charge in [0.25, 0.3) is 0 Å². The molecule has 18 heavy (non-hydrogen) atoms. The molecule has 0 aliphatic rings.